The van der Waals surface area contributed by atoms with Crippen molar-refractivity contribution in [3.8, 4) is 39.1 Å². The summed E-state index contributed by atoms with van der Waals surface area (Å²) in [6.45, 7) is 0. The summed E-state index contributed by atoms with van der Waals surface area (Å²) in [5.41, 5.74) is 16.3. The van der Waals surface area contributed by atoms with Crippen LogP contribution in [0.4, 0.5) is 11.4 Å². The highest BCUT2D eigenvalue weighted by atomic mass is 15.1. The topological polar surface area (TPSA) is 41.4 Å². The van der Waals surface area contributed by atoms with Crippen LogP contribution < -0.4 is 10.6 Å². The highest BCUT2D eigenvalue weighted by Gasteiger charge is 2.26. The van der Waals surface area contributed by atoms with E-state index in [0.717, 1.165) is 59.4 Å². The molecule has 2 N–H and O–H groups in total. The Labute approximate surface area is 364 Å². The minimum atomic E-state index is -0.142. The first-order chi connectivity index (χ1) is 30.7. The number of fused-ring (bicyclic) bond motifs is 3. The van der Waals surface area contributed by atoms with Gasteiger partial charge < -0.3 is 15.2 Å². The monoisotopic (exact) mass is 800 g/mol. The Morgan fingerprint density at radius 1 is 0.581 bits per heavy atom. The van der Waals surface area contributed by atoms with E-state index in [9.17, 15) is 0 Å². The lowest BCUT2D eigenvalue weighted by atomic mass is 9.86. The summed E-state index contributed by atoms with van der Waals surface area (Å²) >= 11 is 0. The molecule has 11 rings (SSSR count). The van der Waals surface area contributed by atoms with Gasteiger partial charge in [0.2, 0.25) is 0 Å². The molecule has 3 atom stereocenters. The fraction of sp³-hybridized carbons (Fsp3) is 0.121. The quantitative estimate of drug-likeness (QED) is 0.143. The molecule has 0 radical (unpaired) electrons. The molecule has 3 unspecified atom stereocenters. The van der Waals surface area contributed by atoms with Crippen molar-refractivity contribution in [3.63, 3.8) is 0 Å². The Bertz CT molecular complexity index is 3090. The molecule has 7 aromatic carbocycles. The summed E-state index contributed by atoms with van der Waals surface area (Å²) in [4.78, 5) is 5.40. The van der Waals surface area contributed by atoms with Crippen LogP contribution in [0.2, 0.25) is 0 Å². The Balaban J connectivity index is 0.944. The lowest BCUT2D eigenvalue weighted by Crippen LogP contribution is -2.31. The molecule has 0 saturated carbocycles. The second-order valence-corrected chi connectivity index (χ2v) is 16.7. The van der Waals surface area contributed by atoms with Gasteiger partial charge in [0, 0.05) is 62.2 Å². The smallest absolute Gasteiger partial charge is 0.144 e. The van der Waals surface area contributed by atoms with Crippen molar-refractivity contribution in [2.45, 2.75) is 31.8 Å². The van der Waals surface area contributed by atoms with Crippen molar-refractivity contribution < 1.29 is 0 Å². The van der Waals surface area contributed by atoms with Crippen LogP contribution >= 0.6 is 0 Å². The second kappa shape index (κ2) is 16.6. The zero-order valence-corrected chi connectivity index (χ0v) is 34.7. The highest BCUT2D eigenvalue weighted by molar-refractivity contribution is 6.14. The van der Waals surface area contributed by atoms with Crippen LogP contribution in [-0.2, 0) is 0 Å². The van der Waals surface area contributed by atoms with Crippen molar-refractivity contribution in [1.29, 1.82) is 0 Å². The van der Waals surface area contributed by atoms with E-state index in [1.165, 1.54) is 55.5 Å². The number of aliphatic imine (C=N–C) groups is 1. The minimum absolute atomic E-state index is 0.142. The fourth-order valence-corrected chi connectivity index (χ4v) is 9.64. The van der Waals surface area contributed by atoms with Gasteiger partial charge in [0.1, 0.15) is 6.17 Å². The van der Waals surface area contributed by atoms with E-state index in [1.54, 1.807) is 0 Å². The van der Waals surface area contributed by atoms with Crippen molar-refractivity contribution >= 4 is 38.9 Å². The minimum Gasteiger partial charge on any atom is -0.363 e. The first-order valence-electron chi connectivity index (χ1n) is 22.0. The average molecular weight is 801 g/mol. The van der Waals surface area contributed by atoms with Gasteiger partial charge >= 0.3 is 0 Å². The third-order valence-electron chi connectivity index (χ3n) is 12.8. The Morgan fingerprint density at radius 2 is 1.35 bits per heavy atom. The van der Waals surface area contributed by atoms with Gasteiger partial charge in [-0.1, -0.05) is 158 Å². The predicted octanol–water partition coefficient (Wildman–Crippen LogP) is 14.9. The number of allylic oxidation sites excluding steroid dienone is 7. The van der Waals surface area contributed by atoms with E-state index >= 15 is 0 Å². The molecule has 0 amide bonds. The molecule has 300 valence electrons. The molecule has 4 heteroatoms. The van der Waals surface area contributed by atoms with Gasteiger partial charge in [-0.05, 0) is 108 Å². The van der Waals surface area contributed by atoms with E-state index in [1.807, 2.05) is 0 Å². The molecule has 4 nitrogen and oxygen atoms in total. The van der Waals surface area contributed by atoms with E-state index in [2.05, 4.69) is 228 Å². The van der Waals surface area contributed by atoms with Crippen molar-refractivity contribution in [3.05, 3.63) is 224 Å². The van der Waals surface area contributed by atoms with Gasteiger partial charge in [-0.2, -0.15) is 0 Å². The lowest BCUT2D eigenvalue weighted by molar-refractivity contribution is 0.539. The van der Waals surface area contributed by atoms with Crippen LogP contribution in [0.1, 0.15) is 37.4 Å². The standard InChI is InChI=1S/C58H48N4/c1-5-18-40(19-6-1)52-38-44(43-24-15-26-46(36-43)58-60-54(41-20-7-2-8-21-41)39-55(61-58)42-22-9-3-10-23-42)34-35-53(52)59-47-27-16-25-45(37-47)49-31-17-32-51-50-30-13-14-33-56(50)62(57(49)51)48-28-11-4-12-29-48/h1-9,11-20,24-39,41-42,58-60H,10,21-23H2. The molecule has 2 heterocycles. The van der Waals surface area contributed by atoms with Gasteiger partial charge in [0.15, 0.2) is 0 Å². The van der Waals surface area contributed by atoms with E-state index in [4.69, 9.17) is 4.99 Å². The molecule has 0 fully saturated rings. The molecule has 0 bridgehead atoms. The Kier molecular flexibility index (Phi) is 10.0. The molecule has 8 aromatic rings. The molecule has 0 saturated heterocycles. The molecule has 1 aliphatic heterocycles. The predicted molar refractivity (Wildman–Crippen MR) is 261 cm³/mol. The summed E-state index contributed by atoms with van der Waals surface area (Å²) in [7, 11) is 0. The number of rotatable bonds is 9. The number of hydrogen-bond donors (Lipinski definition) is 2. The van der Waals surface area contributed by atoms with Gasteiger partial charge in [0.25, 0.3) is 0 Å². The third-order valence-corrected chi connectivity index (χ3v) is 12.8. The third kappa shape index (κ3) is 7.28. The van der Waals surface area contributed by atoms with Crippen LogP contribution in [0.15, 0.2) is 223 Å². The first kappa shape index (κ1) is 37.6. The second-order valence-electron chi connectivity index (χ2n) is 16.7. The van der Waals surface area contributed by atoms with Gasteiger partial charge in [-0.15, -0.1) is 0 Å². The van der Waals surface area contributed by atoms with Crippen LogP contribution in [0, 0.1) is 11.8 Å². The zero-order chi connectivity index (χ0) is 41.2. The normalized spacial score (nSPS) is 18.4. The Morgan fingerprint density at radius 3 is 2.21 bits per heavy atom. The first-order valence-corrected chi connectivity index (χ1v) is 22.0. The molecule has 1 aromatic heterocycles. The zero-order valence-electron chi connectivity index (χ0n) is 34.7. The summed E-state index contributed by atoms with van der Waals surface area (Å²) in [5.74, 6) is 0.786. The van der Waals surface area contributed by atoms with Gasteiger partial charge in [0.05, 0.1) is 11.0 Å². The summed E-state index contributed by atoms with van der Waals surface area (Å²) < 4.78 is 2.41. The molecular formula is C58H48N4. The summed E-state index contributed by atoms with van der Waals surface area (Å²) in [6.07, 6.45) is 20.1. The van der Waals surface area contributed by atoms with Crippen LogP contribution in [0.25, 0.3) is 60.9 Å². The largest absolute Gasteiger partial charge is 0.363 e. The maximum absolute atomic E-state index is 5.40. The van der Waals surface area contributed by atoms with Crippen molar-refractivity contribution in [2.24, 2.45) is 16.8 Å². The molecule has 0 spiro atoms. The average Bonchev–Trinajstić information content (AvgIpc) is 3.70. The Hall–Kier alpha value is -7.43. The van der Waals surface area contributed by atoms with Crippen molar-refractivity contribution in [2.75, 3.05) is 5.32 Å². The molecular weight excluding hydrogens is 753 g/mol. The van der Waals surface area contributed by atoms with E-state index in [0.29, 0.717) is 11.8 Å². The number of para-hydroxylation sites is 3. The van der Waals surface area contributed by atoms with E-state index < -0.39 is 0 Å². The van der Waals surface area contributed by atoms with Gasteiger partial charge in [-0.3, -0.25) is 4.99 Å². The lowest BCUT2D eigenvalue weighted by Gasteiger charge is -2.31. The SMILES string of the molecule is C1=CCC(C2=CC(C3CC=CCC3)=NC(c3cccc(-c4ccc(Nc5cccc(-c6cccc7c8ccccc8n(-c8ccccc8)c67)c5)c(-c5ccccc5)c4)c3)N2)C=C1. The van der Waals surface area contributed by atoms with Crippen LogP contribution in [0.3, 0.4) is 0 Å². The molecule has 3 aliphatic rings. The van der Waals surface area contributed by atoms with Crippen LogP contribution in [-0.4, -0.2) is 10.3 Å². The number of aromatic nitrogens is 1. The van der Waals surface area contributed by atoms with Gasteiger partial charge in [-0.25, -0.2) is 0 Å². The highest BCUT2D eigenvalue weighted by Crippen LogP contribution is 2.41. The number of nitrogens with zero attached hydrogens (tertiary/aromatic N) is 2. The molecule has 62 heavy (non-hydrogen) atoms. The number of nitrogens with one attached hydrogen (secondary N) is 2. The van der Waals surface area contributed by atoms with E-state index in [-0.39, 0.29) is 6.17 Å². The maximum atomic E-state index is 5.40. The number of anilines is 2. The van der Waals surface area contributed by atoms with Crippen LogP contribution in [0.5, 0.6) is 0 Å². The molecule has 2 aliphatic carbocycles. The van der Waals surface area contributed by atoms with Crippen molar-refractivity contribution in [1.82, 2.24) is 9.88 Å². The summed E-state index contributed by atoms with van der Waals surface area (Å²) in [5, 5.41) is 10.2. The summed E-state index contributed by atoms with van der Waals surface area (Å²) in [6, 6.07) is 61.5. The fourth-order valence-electron chi connectivity index (χ4n) is 9.64. The maximum Gasteiger partial charge on any atom is 0.144 e. The number of hydrogen-bond acceptors (Lipinski definition) is 3. The number of benzene rings is 7.